The number of halogens is 2. The fourth-order valence-corrected chi connectivity index (χ4v) is 3.29. The van der Waals surface area contributed by atoms with Crippen molar-refractivity contribution in [3.8, 4) is 0 Å². The van der Waals surface area contributed by atoms with E-state index in [4.69, 9.17) is 11.6 Å². The molecule has 0 heterocycles. The molecule has 2 aromatic rings. The molecule has 2 amide bonds. The van der Waals surface area contributed by atoms with Crippen LogP contribution in [0.3, 0.4) is 0 Å². The van der Waals surface area contributed by atoms with Crippen LogP contribution in [0.15, 0.2) is 48.5 Å². The molecule has 1 atom stereocenters. The lowest BCUT2D eigenvalue weighted by atomic mass is 10.0. The van der Waals surface area contributed by atoms with E-state index >= 15 is 0 Å². The quantitative estimate of drug-likeness (QED) is 0.705. The average Bonchev–Trinajstić information content (AvgIpc) is 2.61. The molecule has 6 heteroatoms. The number of carbonyl (C=O) groups excluding carboxylic acids is 2. The van der Waals surface area contributed by atoms with Crippen LogP contribution in [0.25, 0.3) is 0 Å². The van der Waals surface area contributed by atoms with Gasteiger partial charge in [-0.3, -0.25) is 9.59 Å². The number of nitrogens with zero attached hydrogens (tertiary/aromatic N) is 1. The van der Waals surface area contributed by atoms with E-state index in [2.05, 4.69) is 5.32 Å². The highest BCUT2D eigenvalue weighted by atomic mass is 35.5. The maximum atomic E-state index is 13.3. The standard InChI is InChI=1S/C23H28ClFN2O2/c1-5-20(22(29)26-23(2,3)4)27(15-16-9-11-19(25)12-10-16)21(28)14-17-7-6-8-18(24)13-17/h6-13,20H,5,14-15H2,1-4H3,(H,26,29)/t20-/m0/s1. The fraction of sp³-hybridized carbons (Fsp3) is 0.391. The molecule has 0 saturated carbocycles. The van der Waals surface area contributed by atoms with Crippen LogP contribution >= 0.6 is 11.6 Å². The summed E-state index contributed by atoms with van der Waals surface area (Å²) < 4.78 is 13.3. The van der Waals surface area contributed by atoms with E-state index in [1.807, 2.05) is 33.8 Å². The van der Waals surface area contributed by atoms with Crippen LogP contribution in [-0.4, -0.2) is 28.3 Å². The third-order valence-corrected chi connectivity index (χ3v) is 4.63. The Balaban J connectivity index is 2.30. The van der Waals surface area contributed by atoms with Gasteiger partial charge in [0.25, 0.3) is 0 Å². The van der Waals surface area contributed by atoms with Crippen LogP contribution in [0.2, 0.25) is 5.02 Å². The maximum Gasteiger partial charge on any atom is 0.243 e. The minimum absolute atomic E-state index is 0.126. The van der Waals surface area contributed by atoms with E-state index in [1.54, 1.807) is 35.2 Å². The molecule has 0 bridgehead atoms. The monoisotopic (exact) mass is 418 g/mol. The average molecular weight is 419 g/mol. The Labute approximate surface area is 177 Å². The summed E-state index contributed by atoms with van der Waals surface area (Å²) in [6.07, 6.45) is 0.589. The first-order valence-corrected chi connectivity index (χ1v) is 10.1. The molecule has 1 N–H and O–H groups in total. The summed E-state index contributed by atoms with van der Waals surface area (Å²) in [5.41, 5.74) is 1.12. The zero-order chi connectivity index (χ0) is 21.6. The molecule has 0 saturated heterocycles. The van der Waals surface area contributed by atoms with Crippen molar-refractivity contribution in [2.24, 2.45) is 0 Å². The molecule has 0 spiro atoms. The third kappa shape index (κ3) is 7.17. The molecule has 0 unspecified atom stereocenters. The van der Waals surface area contributed by atoms with Crippen molar-refractivity contribution < 1.29 is 14.0 Å². The number of hydrogen-bond donors (Lipinski definition) is 1. The van der Waals surface area contributed by atoms with Crippen LogP contribution in [0.4, 0.5) is 4.39 Å². The summed E-state index contributed by atoms with van der Waals surface area (Å²) in [6.45, 7) is 7.79. The van der Waals surface area contributed by atoms with Crippen molar-refractivity contribution in [1.29, 1.82) is 0 Å². The molecule has 0 aromatic heterocycles. The van der Waals surface area contributed by atoms with Gasteiger partial charge in [-0.05, 0) is 62.6 Å². The Morgan fingerprint density at radius 1 is 1.10 bits per heavy atom. The molecule has 29 heavy (non-hydrogen) atoms. The molecule has 0 aliphatic heterocycles. The van der Waals surface area contributed by atoms with E-state index in [-0.39, 0.29) is 30.6 Å². The lowest BCUT2D eigenvalue weighted by molar-refractivity contribution is -0.141. The summed E-state index contributed by atoms with van der Waals surface area (Å²) in [4.78, 5) is 27.7. The van der Waals surface area contributed by atoms with Crippen LogP contribution in [0.1, 0.15) is 45.2 Å². The van der Waals surface area contributed by atoms with Crippen molar-refractivity contribution in [3.63, 3.8) is 0 Å². The third-order valence-electron chi connectivity index (χ3n) is 4.39. The molecule has 4 nitrogen and oxygen atoms in total. The zero-order valence-corrected chi connectivity index (χ0v) is 18.1. The molecule has 156 valence electrons. The Morgan fingerprint density at radius 3 is 2.31 bits per heavy atom. The number of nitrogens with one attached hydrogen (secondary N) is 1. The Morgan fingerprint density at radius 2 is 1.76 bits per heavy atom. The second-order valence-corrected chi connectivity index (χ2v) is 8.55. The highest BCUT2D eigenvalue weighted by Gasteiger charge is 2.30. The van der Waals surface area contributed by atoms with Gasteiger partial charge < -0.3 is 10.2 Å². The summed E-state index contributed by atoms with van der Waals surface area (Å²) in [6, 6.07) is 12.4. The predicted octanol–water partition coefficient (Wildman–Crippen LogP) is 4.74. The lowest BCUT2D eigenvalue weighted by Crippen LogP contribution is -2.53. The zero-order valence-electron chi connectivity index (χ0n) is 17.3. The predicted molar refractivity (Wildman–Crippen MR) is 114 cm³/mol. The molecule has 0 aliphatic rings. The van der Waals surface area contributed by atoms with Gasteiger partial charge in [-0.1, -0.05) is 42.8 Å². The van der Waals surface area contributed by atoms with Gasteiger partial charge in [-0.2, -0.15) is 0 Å². The van der Waals surface area contributed by atoms with Gasteiger partial charge in [0.1, 0.15) is 11.9 Å². The number of hydrogen-bond acceptors (Lipinski definition) is 2. The van der Waals surface area contributed by atoms with Gasteiger partial charge >= 0.3 is 0 Å². The molecule has 0 aliphatic carbocycles. The van der Waals surface area contributed by atoms with Crippen molar-refractivity contribution in [2.75, 3.05) is 0 Å². The van der Waals surface area contributed by atoms with Gasteiger partial charge in [0, 0.05) is 17.1 Å². The van der Waals surface area contributed by atoms with Crippen LogP contribution in [-0.2, 0) is 22.6 Å². The van der Waals surface area contributed by atoms with Gasteiger partial charge in [0.2, 0.25) is 11.8 Å². The van der Waals surface area contributed by atoms with E-state index in [9.17, 15) is 14.0 Å². The summed E-state index contributed by atoms with van der Waals surface area (Å²) in [5.74, 6) is -0.739. The highest BCUT2D eigenvalue weighted by molar-refractivity contribution is 6.30. The lowest BCUT2D eigenvalue weighted by Gasteiger charge is -2.33. The van der Waals surface area contributed by atoms with E-state index in [0.717, 1.165) is 11.1 Å². The minimum atomic E-state index is -0.633. The van der Waals surface area contributed by atoms with Crippen LogP contribution in [0, 0.1) is 5.82 Å². The maximum absolute atomic E-state index is 13.3. The molecule has 2 rings (SSSR count). The first kappa shape index (κ1) is 22.9. The van der Waals surface area contributed by atoms with Gasteiger partial charge in [-0.15, -0.1) is 0 Å². The van der Waals surface area contributed by atoms with Crippen molar-refractivity contribution in [3.05, 3.63) is 70.5 Å². The molecule has 2 aromatic carbocycles. The number of benzene rings is 2. The van der Waals surface area contributed by atoms with E-state index in [1.165, 1.54) is 12.1 Å². The van der Waals surface area contributed by atoms with Crippen LogP contribution in [0.5, 0.6) is 0 Å². The van der Waals surface area contributed by atoms with Crippen molar-refractivity contribution in [2.45, 2.75) is 58.7 Å². The fourth-order valence-electron chi connectivity index (χ4n) is 3.08. The second-order valence-electron chi connectivity index (χ2n) is 8.12. The molecular formula is C23H28ClFN2O2. The molecule has 0 fully saturated rings. The normalized spacial score (nSPS) is 12.3. The summed E-state index contributed by atoms with van der Waals surface area (Å²) in [7, 11) is 0. The highest BCUT2D eigenvalue weighted by Crippen LogP contribution is 2.17. The van der Waals surface area contributed by atoms with E-state index < -0.39 is 11.6 Å². The largest absolute Gasteiger partial charge is 0.350 e. The Kier molecular flexibility index (Phi) is 7.80. The summed E-state index contributed by atoms with van der Waals surface area (Å²) in [5, 5.41) is 3.51. The van der Waals surface area contributed by atoms with Crippen LogP contribution < -0.4 is 5.32 Å². The van der Waals surface area contributed by atoms with Gasteiger partial charge in [0.05, 0.1) is 6.42 Å². The SMILES string of the molecule is CC[C@@H](C(=O)NC(C)(C)C)N(Cc1ccc(F)cc1)C(=O)Cc1cccc(Cl)c1. The number of rotatable bonds is 7. The topological polar surface area (TPSA) is 49.4 Å². The first-order chi connectivity index (χ1) is 13.6. The van der Waals surface area contributed by atoms with Gasteiger partial charge in [0.15, 0.2) is 0 Å². The smallest absolute Gasteiger partial charge is 0.243 e. The molecule has 0 radical (unpaired) electrons. The first-order valence-electron chi connectivity index (χ1n) is 9.69. The number of carbonyl (C=O) groups is 2. The van der Waals surface area contributed by atoms with Gasteiger partial charge in [-0.25, -0.2) is 4.39 Å². The molecular weight excluding hydrogens is 391 g/mol. The van der Waals surface area contributed by atoms with E-state index in [0.29, 0.717) is 11.4 Å². The Bertz CT molecular complexity index is 847. The summed E-state index contributed by atoms with van der Waals surface area (Å²) >= 11 is 6.04. The van der Waals surface area contributed by atoms with Crippen molar-refractivity contribution in [1.82, 2.24) is 10.2 Å². The minimum Gasteiger partial charge on any atom is -0.350 e. The van der Waals surface area contributed by atoms with Crippen molar-refractivity contribution >= 4 is 23.4 Å². The number of amides is 2. The second kappa shape index (κ2) is 9.88. The Hall–Kier alpha value is -2.40.